The van der Waals surface area contributed by atoms with Gasteiger partial charge < -0.3 is 9.47 Å². The van der Waals surface area contributed by atoms with E-state index in [-0.39, 0.29) is 17.3 Å². The Hall–Kier alpha value is -2.28. The molecule has 25 heavy (non-hydrogen) atoms. The maximum atomic E-state index is 12.7. The molecule has 0 atom stereocenters. The van der Waals surface area contributed by atoms with Crippen LogP contribution >= 0.6 is 11.8 Å². The fourth-order valence-electron chi connectivity index (χ4n) is 2.34. The summed E-state index contributed by atoms with van der Waals surface area (Å²) in [5.74, 6) is 0.588. The summed E-state index contributed by atoms with van der Waals surface area (Å²) in [5.41, 5.74) is 2.22. The van der Waals surface area contributed by atoms with Gasteiger partial charge in [-0.05, 0) is 31.5 Å². The lowest BCUT2D eigenvalue weighted by Crippen LogP contribution is -2.26. The van der Waals surface area contributed by atoms with Crippen molar-refractivity contribution < 1.29 is 14.3 Å². The molecule has 0 N–H and O–H groups in total. The molecule has 0 spiro atoms. The molecule has 0 aliphatic rings. The Balaban J connectivity index is 2.21. The molecule has 1 aromatic heterocycles. The molecule has 0 aliphatic carbocycles. The van der Waals surface area contributed by atoms with Crippen LogP contribution in [0.15, 0.2) is 34.2 Å². The van der Waals surface area contributed by atoms with Crippen LogP contribution in [-0.4, -0.2) is 35.0 Å². The molecule has 7 heteroatoms. The fraction of sp³-hybridized carbons (Fsp3) is 0.389. The van der Waals surface area contributed by atoms with E-state index in [1.165, 1.54) is 16.3 Å². The van der Waals surface area contributed by atoms with Crippen LogP contribution in [-0.2, 0) is 23.0 Å². The monoisotopic (exact) mass is 362 g/mol. The quantitative estimate of drug-likeness (QED) is 0.428. The van der Waals surface area contributed by atoms with Crippen LogP contribution < -0.4 is 10.3 Å². The number of aryl methyl sites for hydroxylation is 1. The van der Waals surface area contributed by atoms with E-state index >= 15 is 0 Å². The van der Waals surface area contributed by atoms with Crippen LogP contribution in [0.1, 0.15) is 23.7 Å². The summed E-state index contributed by atoms with van der Waals surface area (Å²) in [6, 6.07) is 7.60. The third kappa shape index (κ3) is 4.85. The number of nitrogens with zero attached hydrogens (tertiary/aromatic N) is 2. The minimum atomic E-state index is -0.318. The van der Waals surface area contributed by atoms with E-state index in [0.717, 1.165) is 11.3 Å². The molecule has 0 unspecified atom stereocenters. The Kier molecular flexibility index (Phi) is 6.64. The van der Waals surface area contributed by atoms with Gasteiger partial charge in [-0.3, -0.25) is 14.2 Å². The number of methoxy groups -OCH3 is 1. The van der Waals surface area contributed by atoms with Crippen molar-refractivity contribution in [1.82, 2.24) is 9.55 Å². The lowest BCUT2D eigenvalue weighted by Gasteiger charge is -2.12. The van der Waals surface area contributed by atoms with Crippen molar-refractivity contribution >= 4 is 17.7 Å². The molecule has 6 nitrogen and oxygen atoms in total. The fourth-order valence-corrected chi connectivity index (χ4v) is 3.14. The minimum Gasteiger partial charge on any atom is -0.497 e. The minimum absolute atomic E-state index is 0.102. The van der Waals surface area contributed by atoms with Crippen molar-refractivity contribution in [2.75, 3.05) is 19.5 Å². The number of benzene rings is 1. The van der Waals surface area contributed by atoms with E-state index in [1.807, 2.05) is 31.2 Å². The molecule has 0 fully saturated rings. The van der Waals surface area contributed by atoms with Crippen LogP contribution in [0, 0.1) is 6.92 Å². The highest BCUT2D eigenvalue weighted by Crippen LogP contribution is 2.18. The van der Waals surface area contributed by atoms with E-state index in [2.05, 4.69) is 4.98 Å². The molecule has 0 aliphatic heterocycles. The number of rotatable bonds is 7. The van der Waals surface area contributed by atoms with Crippen molar-refractivity contribution in [2.24, 2.45) is 7.05 Å². The Morgan fingerprint density at radius 1 is 1.28 bits per heavy atom. The summed E-state index contributed by atoms with van der Waals surface area (Å²) in [7, 11) is 3.28. The van der Waals surface area contributed by atoms with Gasteiger partial charge >= 0.3 is 5.97 Å². The van der Waals surface area contributed by atoms with Crippen LogP contribution in [0.3, 0.4) is 0 Å². The first-order chi connectivity index (χ1) is 12.0. The van der Waals surface area contributed by atoms with Gasteiger partial charge in [0.25, 0.3) is 5.56 Å². The third-order valence-electron chi connectivity index (χ3n) is 3.71. The number of ether oxygens (including phenoxy) is 2. The molecule has 1 heterocycles. The second-order valence-corrected chi connectivity index (χ2v) is 6.38. The predicted molar refractivity (Wildman–Crippen MR) is 97.4 cm³/mol. The third-order valence-corrected chi connectivity index (χ3v) is 4.72. The van der Waals surface area contributed by atoms with E-state index < -0.39 is 0 Å². The van der Waals surface area contributed by atoms with E-state index in [0.29, 0.717) is 29.4 Å². The van der Waals surface area contributed by atoms with Crippen molar-refractivity contribution in [3.63, 3.8) is 0 Å². The zero-order valence-electron chi connectivity index (χ0n) is 14.9. The lowest BCUT2D eigenvalue weighted by atomic mass is 10.1. The normalized spacial score (nSPS) is 10.6. The van der Waals surface area contributed by atoms with Gasteiger partial charge in [-0.15, -0.1) is 0 Å². The van der Waals surface area contributed by atoms with E-state index in [9.17, 15) is 9.59 Å². The summed E-state index contributed by atoms with van der Waals surface area (Å²) in [5, 5.41) is 0.508. The Bertz CT molecular complexity index is 800. The zero-order valence-corrected chi connectivity index (χ0v) is 15.7. The van der Waals surface area contributed by atoms with Gasteiger partial charge in [0.05, 0.1) is 19.5 Å². The first-order valence-electron chi connectivity index (χ1n) is 7.94. The molecule has 0 radical (unpaired) electrons. The SMILES string of the molecule is CCOC(=O)CSc1nc(C)c(Cc2ccc(OC)cc2)c(=O)n1C. The van der Waals surface area contributed by atoms with Gasteiger partial charge in [0.1, 0.15) is 5.75 Å². The molecule has 0 saturated carbocycles. The number of aromatic nitrogens is 2. The number of hydrogen-bond acceptors (Lipinski definition) is 6. The molecule has 1 aromatic carbocycles. The van der Waals surface area contributed by atoms with Gasteiger partial charge in [0.2, 0.25) is 0 Å². The average molecular weight is 362 g/mol. The number of carbonyl (C=O) groups excluding carboxylic acids is 1. The van der Waals surface area contributed by atoms with Crippen LogP contribution in [0.5, 0.6) is 5.75 Å². The zero-order chi connectivity index (χ0) is 18.4. The molecule has 2 aromatic rings. The largest absolute Gasteiger partial charge is 0.497 e. The van der Waals surface area contributed by atoms with E-state index in [4.69, 9.17) is 9.47 Å². The van der Waals surface area contributed by atoms with Crippen molar-refractivity contribution in [1.29, 1.82) is 0 Å². The standard InChI is InChI=1S/C18H22N2O4S/c1-5-24-16(21)11-25-18-19-12(2)15(17(22)20(18)3)10-13-6-8-14(23-4)9-7-13/h6-9H,5,10-11H2,1-4H3. The molecular weight excluding hydrogens is 340 g/mol. The smallest absolute Gasteiger partial charge is 0.316 e. The summed E-state index contributed by atoms with van der Waals surface area (Å²) in [4.78, 5) is 28.7. The average Bonchev–Trinajstić information content (AvgIpc) is 2.61. The van der Waals surface area contributed by atoms with Crippen LogP contribution in [0.25, 0.3) is 0 Å². The van der Waals surface area contributed by atoms with Crippen LogP contribution in [0.2, 0.25) is 0 Å². The highest BCUT2D eigenvalue weighted by atomic mass is 32.2. The summed E-state index contributed by atoms with van der Waals surface area (Å²) >= 11 is 1.20. The molecule has 2 rings (SSSR count). The van der Waals surface area contributed by atoms with Crippen molar-refractivity contribution in [2.45, 2.75) is 25.4 Å². The maximum absolute atomic E-state index is 12.7. The number of thioether (sulfide) groups is 1. The second-order valence-electron chi connectivity index (χ2n) is 5.44. The highest BCUT2D eigenvalue weighted by Gasteiger charge is 2.14. The topological polar surface area (TPSA) is 70.4 Å². The molecule has 0 bridgehead atoms. The first kappa shape index (κ1) is 19.1. The molecule has 0 amide bonds. The molecule has 0 saturated heterocycles. The highest BCUT2D eigenvalue weighted by molar-refractivity contribution is 7.99. The van der Waals surface area contributed by atoms with Crippen LogP contribution in [0.4, 0.5) is 0 Å². The molecule has 134 valence electrons. The number of esters is 1. The van der Waals surface area contributed by atoms with Gasteiger partial charge in [-0.2, -0.15) is 0 Å². The predicted octanol–water partition coefficient (Wildman–Crippen LogP) is 2.34. The Morgan fingerprint density at radius 2 is 1.96 bits per heavy atom. The van der Waals surface area contributed by atoms with E-state index in [1.54, 1.807) is 21.1 Å². The summed E-state index contributed by atoms with van der Waals surface area (Å²) < 4.78 is 11.5. The first-order valence-corrected chi connectivity index (χ1v) is 8.92. The summed E-state index contributed by atoms with van der Waals surface area (Å²) in [6.45, 7) is 3.91. The maximum Gasteiger partial charge on any atom is 0.316 e. The van der Waals surface area contributed by atoms with Gasteiger partial charge in [0, 0.05) is 24.7 Å². The van der Waals surface area contributed by atoms with Gasteiger partial charge in [-0.25, -0.2) is 4.98 Å². The number of carbonyl (C=O) groups is 1. The van der Waals surface area contributed by atoms with Gasteiger partial charge in [-0.1, -0.05) is 23.9 Å². The molecular formula is C18H22N2O4S. The summed E-state index contributed by atoms with van der Waals surface area (Å²) in [6.07, 6.45) is 0.498. The van der Waals surface area contributed by atoms with Gasteiger partial charge in [0.15, 0.2) is 5.16 Å². The lowest BCUT2D eigenvalue weighted by molar-refractivity contribution is -0.139. The Morgan fingerprint density at radius 3 is 2.56 bits per heavy atom. The van der Waals surface area contributed by atoms with Crippen molar-refractivity contribution in [3.8, 4) is 5.75 Å². The Labute approximate surface area is 151 Å². The van der Waals surface area contributed by atoms with Crippen molar-refractivity contribution in [3.05, 3.63) is 51.4 Å². The number of hydrogen-bond donors (Lipinski definition) is 0. The second kappa shape index (κ2) is 8.71.